The van der Waals surface area contributed by atoms with Gasteiger partial charge >= 0.3 is 11.9 Å². The van der Waals surface area contributed by atoms with E-state index in [9.17, 15) is 48.4 Å². The number of aromatic nitrogens is 2. The quantitative estimate of drug-likeness (QED) is 0.400. The predicted molar refractivity (Wildman–Crippen MR) is 95.7 cm³/mol. The maximum absolute atomic E-state index is 13.0. The van der Waals surface area contributed by atoms with E-state index in [0.717, 1.165) is 19.1 Å². The Balaban J connectivity index is 2.18. The van der Waals surface area contributed by atoms with Crippen molar-refractivity contribution in [3.8, 4) is 0 Å². The minimum atomic E-state index is -5.12. The molecule has 2 atom stereocenters. The number of amides is 1. The summed E-state index contributed by atoms with van der Waals surface area (Å²) < 4.78 is 39.4. The fourth-order valence-electron chi connectivity index (χ4n) is 2.74. The summed E-state index contributed by atoms with van der Waals surface area (Å²) >= 11 is 0. The summed E-state index contributed by atoms with van der Waals surface area (Å²) in [5, 5.41) is 46.7. The average molecular weight is 447 g/mol. The fourth-order valence-corrected chi connectivity index (χ4v) is 2.74. The number of hydrogen-bond acceptors (Lipinski definition) is 8. The number of aliphatic hydroxyl groups excluding tert-OH is 2. The third-order valence-corrected chi connectivity index (χ3v) is 4.29. The van der Waals surface area contributed by atoms with Gasteiger partial charge in [0.15, 0.2) is 0 Å². The van der Waals surface area contributed by atoms with Gasteiger partial charge in [0.25, 0.3) is 5.69 Å². The highest BCUT2D eigenvalue weighted by molar-refractivity contribution is 5.76. The van der Waals surface area contributed by atoms with E-state index in [2.05, 4.69) is 10.4 Å². The Kier molecular flexibility index (Phi) is 6.91. The van der Waals surface area contributed by atoms with Gasteiger partial charge in [-0.2, -0.15) is 18.3 Å². The molecule has 1 amide bonds. The van der Waals surface area contributed by atoms with Gasteiger partial charge < -0.3 is 15.5 Å². The van der Waals surface area contributed by atoms with Crippen molar-refractivity contribution < 1.29 is 38.0 Å². The number of rotatable bonds is 8. The molecule has 0 aliphatic carbocycles. The average Bonchev–Trinajstić information content (AvgIpc) is 3.02. The number of non-ortho nitro benzene ring substituents is 1. The Morgan fingerprint density at radius 1 is 1.23 bits per heavy atom. The van der Waals surface area contributed by atoms with Crippen LogP contribution in [0.2, 0.25) is 0 Å². The predicted octanol–water partition coefficient (Wildman–Crippen LogP) is 1.24. The number of alkyl halides is 3. The Labute approximate surface area is 171 Å². The number of benzene rings is 1. The molecule has 0 fully saturated rings. The Morgan fingerprint density at radius 2 is 1.81 bits per heavy atom. The van der Waals surface area contributed by atoms with Gasteiger partial charge in [-0.3, -0.25) is 29.7 Å². The van der Waals surface area contributed by atoms with E-state index >= 15 is 0 Å². The topological polar surface area (TPSA) is 174 Å². The molecule has 3 N–H and O–H groups in total. The molecule has 1 heterocycles. The van der Waals surface area contributed by atoms with Gasteiger partial charge in [-0.25, -0.2) is 0 Å². The summed E-state index contributed by atoms with van der Waals surface area (Å²) in [5.41, 5.74) is -3.69. The van der Waals surface area contributed by atoms with E-state index in [0.29, 0.717) is 4.68 Å². The van der Waals surface area contributed by atoms with Crippen LogP contribution in [0, 0.1) is 27.2 Å². The van der Waals surface area contributed by atoms with Gasteiger partial charge in [0.2, 0.25) is 11.6 Å². The van der Waals surface area contributed by atoms with Crippen LogP contribution in [-0.4, -0.2) is 48.4 Å². The summed E-state index contributed by atoms with van der Waals surface area (Å²) in [7, 11) is 0. The van der Waals surface area contributed by atoms with Crippen molar-refractivity contribution in [2.24, 2.45) is 0 Å². The molecule has 0 aliphatic rings. The first kappa shape index (κ1) is 23.7. The van der Waals surface area contributed by atoms with Gasteiger partial charge in [-0.1, -0.05) is 0 Å². The first-order valence-electron chi connectivity index (χ1n) is 8.48. The van der Waals surface area contributed by atoms with Crippen LogP contribution in [0.3, 0.4) is 0 Å². The molecule has 0 aliphatic heterocycles. The molecular weight excluding hydrogens is 431 g/mol. The molecule has 0 saturated carbocycles. The molecule has 0 radical (unpaired) electrons. The Bertz CT molecular complexity index is 991. The van der Waals surface area contributed by atoms with Gasteiger partial charge in [-0.05, 0) is 24.6 Å². The number of nitro groups is 2. The van der Waals surface area contributed by atoms with Crippen molar-refractivity contribution in [1.82, 2.24) is 15.1 Å². The fraction of sp³-hybridized carbons (Fsp3) is 0.375. The standard InChI is InChI=1S/C16H16F3N5O7/c1-8-13(24(30)31)15(16(17,18)19)21-22(8)6-12(26)20-11(7-25)14(27)9-2-4-10(5-3-9)23(28)29/h2-5,11,14,25,27H,6-7H2,1H3,(H,20,26). The second kappa shape index (κ2) is 9.05. The summed E-state index contributed by atoms with van der Waals surface area (Å²) in [6.07, 6.45) is -6.62. The molecule has 1 aromatic heterocycles. The van der Waals surface area contributed by atoms with E-state index in [1.165, 1.54) is 12.1 Å². The molecule has 2 unspecified atom stereocenters. The van der Waals surface area contributed by atoms with Crippen LogP contribution in [0.4, 0.5) is 24.5 Å². The third kappa shape index (κ3) is 5.32. The van der Waals surface area contributed by atoms with Crippen molar-refractivity contribution >= 4 is 17.3 Å². The Morgan fingerprint density at radius 3 is 2.23 bits per heavy atom. The van der Waals surface area contributed by atoms with Gasteiger partial charge in [0, 0.05) is 12.1 Å². The first-order chi connectivity index (χ1) is 14.4. The summed E-state index contributed by atoms with van der Waals surface area (Å²) in [4.78, 5) is 31.9. The second-order valence-corrected chi connectivity index (χ2v) is 6.35. The number of nitro benzene ring substituents is 1. The first-order valence-corrected chi connectivity index (χ1v) is 8.48. The van der Waals surface area contributed by atoms with E-state index in [-0.39, 0.29) is 11.3 Å². The summed E-state index contributed by atoms with van der Waals surface area (Å²) in [5.74, 6) is -0.991. The smallest absolute Gasteiger partial charge is 0.394 e. The SMILES string of the molecule is Cc1c([N+](=O)[O-])c(C(F)(F)F)nn1CC(=O)NC(CO)C(O)c1ccc([N+](=O)[O-])cc1. The molecule has 2 rings (SSSR count). The zero-order valence-corrected chi connectivity index (χ0v) is 15.7. The number of carbonyl (C=O) groups excluding carboxylic acids is 1. The molecule has 12 nitrogen and oxygen atoms in total. The monoisotopic (exact) mass is 447 g/mol. The van der Waals surface area contributed by atoms with Crippen molar-refractivity contribution in [2.75, 3.05) is 6.61 Å². The van der Waals surface area contributed by atoms with Crippen LogP contribution < -0.4 is 5.32 Å². The Hall–Kier alpha value is -3.59. The van der Waals surface area contributed by atoms with Gasteiger partial charge in [0.05, 0.1) is 22.5 Å². The maximum Gasteiger partial charge on any atom is 0.442 e. The number of halogens is 3. The normalized spacial score (nSPS) is 13.5. The van der Waals surface area contributed by atoms with E-state index in [4.69, 9.17) is 0 Å². The van der Waals surface area contributed by atoms with Crippen molar-refractivity contribution in [3.63, 3.8) is 0 Å². The number of nitrogens with zero attached hydrogens (tertiary/aromatic N) is 4. The molecule has 0 saturated heterocycles. The molecule has 0 bridgehead atoms. The minimum absolute atomic E-state index is 0.121. The zero-order valence-electron chi connectivity index (χ0n) is 15.7. The van der Waals surface area contributed by atoms with Crippen molar-refractivity contribution in [3.05, 3.63) is 61.4 Å². The van der Waals surface area contributed by atoms with Crippen LogP contribution in [0.15, 0.2) is 24.3 Å². The number of carbonyl (C=O) groups is 1. The van der Waals surface area contributed by atoms with Gasteiger partial charge in [0.1, 0.15) is 18.3 Å². The lowest BCUT2D eigenvalue weighted by atomic mass is 10.0. The number of hydrogen-bond donors (Lipinski definition) is 3. The van der Waals surface area contributed by atoms with Crippen LogP contribution >= 0.6 is 0 Å². The maximum atomic E-state index is 13.0. The van der Waals surface area contributed by atoms with E-state index in [1.54, 1.807) is 0 Å². The van der Waals surface area contributed by atoms with Crippen molar-refractivity contribution in [1.29, 1.82) is 0 Å². The van der Waals surface area contributed by atoms with Gasteiger partial charge in [-0.15, -0.1) is 0 Å². The summed E-state index contributed by atoms with van der Waals surface area (Å²) in [6.45, 7) is -0.648. The third-order valence-electron chi connectivity index (χ3n) is 4.29. The lowest BCUT2D eigenvalue weighted by molar-refractivity contribution is -0.388. The van der Waals surface area contributed by atoms with E-state index in [1.807, 2.05) is 0 Å². The lowest BCUT2D eigenvalue weighted by Gasteiger charge is -2.22. The minimum Gasteiger partial charge on any atom is -0.394 e. The number of aliphatic hydroxyl groups is 2. The largest absolute Gasteiger partial charge is 0.442 e. The molecule has 0 spiro atoms. The summed E-state index contributed by atoms with van der Waals surface area (Å²) in [6, 6.07) is 3.28. The van der Waals surface area contributed by atoms with Crippen LogP contribution in [0.1, 0.15) is 23.1 Å². The highest BCUT2D eigenvalue weighted by Crippen LogP contribution is 2.36. The molecule has 2 aromatic rings. The van der Waals surface area contributed by atoms with Crippen LogP contribution in [-0.2, 0) is 17.5 Å². The molecule has 168 valence electrons. The van der Waals surface area contributed by atoms with Crippen molar-refractivity contribution in [2.45, 2.75) is 31.8 Å². The molecule has 1 aromatic carbocycles. The molecular formula is C16H16F3N5O7. The highest BCUT2D eigenvalue weighted by atomic mass is 19.4. The highest BCUT2D eigenvalue weighted by Gasteiger charge is 2.44. The second-order valence-electron chi connectivity index (χ2n) is 6.35. The van der Waals surface area contributed by atoms with E-state index < -0.39 is 64.3 Å². The van der Waals surface area contributed by atoms with Crippen LogP contribution in [0.25, 0.3) is 0 Å². The van der Waals surface area contributed by atoms with Crippen LogP contribution in [0.5, 0.6) is 0 Å². The lowest BCUT2D eigenvalue weighted by Crippen LogP contribution is -2.43. The molecule has 31 heavy (non-hydrogen) atoms. The number of nitrogens with one attached hydrogen (secondary N) is 1. The molecule has 15 heteroatoms. The zero-order chi connectivity index (χ0) is 23.5.